The quantitative estimate of drug-likeness (QED) is 0.488. The maximum atomic E-state index is 12.5. The van der Waals surface area contributed by atoms with Crippen LogP contribution in [-0.2, 0) is 4.79 Å². The average molecular weight is 297 g/mol. The van der Waals surface area contributed by atoms with Gasteiger partial charge in [-0.15, -0.1) is 0 Å². The van der Waals surface area contributed by atoms with Crippen LogP contribution in [0.1, 0.15) is 40.0 Å². The number of ketones is 1. The predicted octanol–water partition coefficient (Wildman–Crippen LogP) is 3.97. The van der Waals surface area contributed by atoms with Gasteiger partial charge in [0.25, 0.3) is 0 Å². The number of halogens is 1. The van der Waals surface area contributed by atoms with E-state index in [1.807, 2.05) is 0 Å². The third-order valence-electron chi connectivity index (χ3n) is 6.52. The molecule has 0 radical (unpaired) electrons. The molecule has 0 aromatic heterocycles. The predicted molar refractivity (Wildman–Crippen MR) is 73.1 cm³/mol. The number of rotatable bonds is 0. The molecule has 3 aliphatic carbocycles. The first-order valence-corrected chi connectivity index (χ1v) is 7.65. The van der Waals surface area contributed by atoms with Crippen LogP contribution in [0.5, 0.6) is 0 Å². The van der Waals surface area contributed by atoms with E-state index in [1.165, 1.54) is 24.8 Å². The summed E-state index contributed by atoms with van der Waals surface area (Å²) in [6.45, 7) is 11.2. The molecular formula is C15H21BrO. The lowest BCUT2D eigenvalue weighted by Crippen LogP contribution is -2.57. The standard InChI is InChI=1S/C15H21BrO/c1-8-11-5-6-15(8)10(3)13(17)12(16)9(2)14(15,4)7-11/h9-12H,1,5-7H2,2-4H3/t9-,10-,11+,12-,14+,15+/m1/s1. The Morgan fingerprint density at radius 1 is 1.41 bits per heavy atom. The van der Waals surface area contributed by atoms with Crippen LogP contribution >= 0.6 is 15.9 Å². The summed E-state index contributed by atoms with van der Waals surface area (Å²) in [5.41, 5.74) is 1.78. The molecule has 0 saturated heterocycles. The highest BCUT2D eigenvalue weighted by atomic mass is 79.9. The molecule has 0 unspecified atom stereocenters. The van der Waals surface area contributed by atoms with Gasteiger partial charge in [0.1, 0.15) is 5.78 Å². The van der Waals surface area contributed by atoms with E-state index >= 15 is 0 Å². The second-order valence-electron chi connectivity index (χ2n) is 6.67. The summed E-state index contributed by atoms with van der Waals surface area (Å²) in [5.74, 6) is 1.65. The molecule has 2 heteroatoms. The van der Waals surface area contributed by atoms with Crippen LogP contribution in [0, 0.1) is 28.6 Å². The molecule has 1 nitrogen and oxygen atoms in total. The fourth-order valence-corrected chi connectivity index (χ4v) is 6.28. The van der Waals surface area contributed by atoms with E-state index < -0.39 is 0 Å². The van der Waals surface area contributed by atoms with E-state index in [2.05, 4.69) is 43.3 Å². The van der Waals surface area contributed by atoms with Gasteiger partial charge in [0.2, 0.25) is 0 Å². The largest absolute Gasteiger partial charge is 0.298 e. The second-order valence-corrected chi connectivity index (χ2v) is 7.65. The number of Topliss-reactive ketones (excluding diaryl/α,β-unsaturated/α-hetero) is 1. The highest BCUT2D eigenvalue weighted by molar-refractivity contribution is 9.10. The summed E-state index contributed by atoms with van der Waals surface area (Å²) < 4.78 is 0. The Morgan fingerprint density at radius 3 is 2.65 bits per heavy atom. The van der Waals surface area contributed by atoms with Crippen LogP contribution in [0.2, 0.25) is 0 Å². The van der Waals surface area contributed by atoms with Gasteiger partial charge < -0.3 is 0 Å². The molecule has 2 bridgehead atoms. The van der Waals surface area contributed by atoms with Crippen molar-refractivity contribution in [1.82, 2.24) is 0 Å². The Hall–Kier alpha value is -0.110. The van der Waals surface area contributed by atoms with E-state index in [-0.39, 0.29) is 21.6 Å². The summed E-state index contributed by atoms with van der Waals surface area (Å²) in [7, 11) is 0. The van der Waals surface area contributed by atoms with Crippen molar-refractivity contribution in [2.75, 3.05) is 0 Å². The van der Waals surface area contributed by atoms with Crippen LogP contribution in [0.4, 0.5) is 0 Å². The van der Waals surface area contributed by atoms with E-state index in [0.717, 1.165) is 0 Å². The van der Waals surface area contributed by atoms with Crippen molar-refractivity contribution in [2.45, 2.75) is 44.9 Å². The van der Waals surface area contributed by atoms with Crippen molar-refractivity contribution in [3.63, 3.8) is 0 Å². The van der Waals surface area contributed by atoms with Crippen LogP contribution in [0.3, 0.4) is 0 Å². The van der Waals surface area contributed by atoms with Crippen molar-refractivity contribution in [3.05, 3.63) is 12.2 Å². The van der Waals surface area contributed by atoms with Gasteiger partial charge >= 0.3 is 0 Å². The average Bonchev–Trinajstić information content (AvgIpc) is 2.74. The lowest BCUT2D eigenvalue weighted by molar-refractivity contribution is -0.140. The van der Waals surface area contributed by atoms with E-state index in [9.17, 15) is 4.79 Å². The fourth-order valence-electron chi connectivity index (χ4n) is 5.30. The minimum atomic E-state index is 0.0419. The fraction of sp³-hybridized carbons (Fsp3) is 0.800. The number of hydrogen-bond donors (Lipinski definition) is 0. The molecule has 3 aliphatic rings. The SMILES string of the molecule is C=C1[C@H]2CC[C@@]13[C@H](C)C(=O)[C@H](Br)[C@@H](C)[C@]3(C)C2. The van der Waals surface area contributed by atoms with Gasteiger partial charge in [-0.1, -0.05) is 48.9 Å². The first-order chi connectivity index (χ1) is 7.86. The zero-order valence-electron chi connectivity index (χ0n) is 10.9. The summed E-state index contributed by atoms with van der Waals surface area (Å²) in [4.78, 5) is 12.5. The van der Waals surface area contributed by atoms with E-state index in [0.29, 0.717) is 17.6 Å². The van der Waals surface area contributed by atoms with Crippen molar-refractivity contribution in [1.29, 1.82) is 0 Å². The van der Waals surface area contributed by atoms with Crippen LogP contribution in [-0.4, -0.2) is 10.6 Å². The minimum absolute atomic E-state index is 0.0419. The molecule has 0 amide bonds. The van der Waals surface area contributed by atoms with Crippen molar-refractivity contribution in [3.8, 4) is 0 Å². The molecular weight excluding hydrogens is 276 g/mol. The summed E-state index contributed by atoms with van der Waals surface area (Å²) in [6.07, 6.45) is 3.68. The van der Waals surface area contributed by atoms with Crippen molar-refractivity contribution < 1.29 is 4.79 Å². The summed E-state index contributed by atoms with van der Waals surface area (Å²) >= 11 is 3.64. The number of hydrogen-bond acceptors (Lipinski definition) is 1. The normalized spacial score (nSPS) is 57.4. The van der Waals surface area contributed by atoms with Gasteiger partial charge in [0.15, 0.2) is 0 Å². The summed E-state index contributed by atoms with van der Waals surface area (Å²) in [5, 5.41) is 0. The molecule has 3 saturated carbocycles. The number of carbonyl (C=O) groups is 1. The first-order valence-electron chi connectivity index (χ1n) is 6.73. The summed E-state index contributed by atoms with van der Waals surface area (Å²) in [6, 6.07) is 0. The minimum Gasteiger partial charge on any atom is -0.298 e. The molecule has 0 heterocycles. The highest BCUT2D eigenvalue weighted by Gasteiger charge is 2.70. The van der Waals surface area contributed by atoms with Gasteiger partial charge in [-0.3, -0.25) is 4.79 Å². The zero-order chi connectivity index (χ0) is 12.6. The number of alkyl halides is 1. The second kappa shape index (κ2) is 3.26. The Bertz CT molecular complexity index is 415. The third-order valence-corrected chi connectivity index (χ3v) is 7.77. The van der Waals surface area contributed by atoms with Crippen molar-refractivity contribution >= 4 is 21.7 Å². The molecule has 94 valence electrons. The van der Waals surface area contributed by atoms with E-state index in [4.69, 9.17) is 0 Å². The maximum Gasteiger partial charge on any atom is 0.150 e. The first kappa shape index (κ1) is 12.0. The number of carbonyl (C=O) groups excluding carboxylic acids is 1. The Kier molecular flexibility index (Phi) is 2.29. The Morgan fingerprint density at radius 2 is 2.06 bits per heavy atom. The zero-order valence-corrected chi connectivity index (χ0v) is 12.5. The molecule has 3 fully saturated rings. The van der Waals surface area contributed by atoms with Crippen LogP contribution in [0.25, 0.3) is 0 Å². The molecule has 1 spiro atoms. The molecule has 0 aromatic carbocycles. The molecule has 17 heavy (non-hydrogen) atoms. The van der Waals surface area contributed by atoms with Crippen LogP contribution < -0.4 is 0 Å². The van der Waals surface area contributed by atoms with Gasteiger partial charge in [-0.05, 0) is 36.5 Å². The lowest BCUT2D eigenvalue weighted by Gasteiger charge is -2.56. The van der Waals surface area contributed by atoms with Gasteiger partial charge in [0.05, 0.1) is 4.83 Å². The lowest BCUT2D eigenvalue weighted by atomic mass is 9.48. The van der Waals surface area contributed by atoms with Gasteiger partial charge in [-0.2, -0.15) is 0 Å². The smallest absolute Gasteiger partial charge is 0.150 e. The monoisotopic (exact) mass is 296 g/mol. The Balaban J connectivity index is 2.19. The van der Waals surface area contributed by atoms with Gasteiger partial charge in [0, 0.05) is 11.3 Å². The van der Waals surface area contributed by atoms with Gasteiger partial charge in [-0.25, -0.2) is 0 Å². The Labute approximate surface area is 112 Å². The van der Waals surface area contributed by atoms with Crippen molar-refractivity contribution in [2.24, 2.45) is 28.6 Å². The molecule has 0 N–H and O–H groups in total. The molecule has 6 atom stereocenters. The molecule has 0 aromatic rings. The number of allylic oxidation sites excluding steroid dienone is 1. The van der Waals surface area contributed by atoms with E-state index in [1.54, 1.807) is 0 Å². The number of fused-ring (bicyclic) bond motifs is 1. The third kappa shape index (κ3) is 1.06. The molecule has 0 aliphatic heterocycles. The van der Waals surface area contributed by atoms with Crippen LogP contribution in [0.15, 0.2) is 12.2 Å². The highest BCUT2D eigenvalue weighted by Crippen LogP contribution is 2.74. The molecule has 3 rings (SSSR count). The topological polar surface area (TPSA) is 17.1 Å². The maximum absolute atomic E-state index is 12.5.